The van der Waals surface area contributed by atoms with Gasteiger partial charge in [-0.3, -0.25) is 4.79 Å². The van der Waals surface area contributed by atoms with E-state index in [0.29, 0.717) is 37.0 Å². The summed E-state index contributed by atoms with van der Waals surface area (Å²) in [6, 6.07) is 7.25. The Kier molecular flexibility index (Phi) is 6.55. The van der Waals surface area contributed by atoms with Crippen molar-refractivity contribution in [2.24, 2.45) is 5.92 Å². The van der Waals surface area contributed by atoms with Gasteiger partial charge in [0.15, 0.2) is 0 Å². The zero-order valence-electron chi connectivity index (χ0n) is 16.4. The lowest BCUT2D eigenvalue weighted by Gasteiger charge is -2.36. The Morgan fingerprint density at radius 1 is 1.11 bits per heavy atom. The first-order chi connectivity index (χ1) is 12.9. The molecule has 0 aromatic heterocycles. The molecule has 150 valence electrons. The average molecular weight is 394 g/mol. The normalized spacial score (nSPS) is 21.2. The number of benzene rings is 1. The minimum absolute atomic E-state index is 0.0857. The second kappa shape index (κ2) is 8.71. The van der Waals surface area contributed by atoms with Crippen molar-refractivity contribution < 1.29 is 13.2 Å². The van der Waals surface area contributed by atoms with Gasteiger partial charge >= 0.3 is 0 Å². The number of piperidine rings is 1. The van der Waals surface area contributed by atoms with Gasteiger partial charge in [-0.25, -0.2) is 8.42 Å². The van der Waals surface area contributed by atoms with Crippen LogP contribution < -0.4 is 5.32 Å². The third-order valence-corrected chi connectivity index (χ3v) is 7.85. The van der Waals surface area contributed by atoms with Crippen LogP contribution in [0.3, 0.4) is 0 Å². The van der Waals surface area contributed by atoms with Gasteiger partial charge in [0.05, 0.1) is 4.90 Å². The number of amides is 1. The van der Waals surface area contributed by atoms with E-state index in [1.165, 1.54) is 4.31 Å². The smallest absolute Gasteiger partial charge is 0.243 e. The monoisotopic (exact) mass is 393 g/mol. The first-order valence-electron chi connectivity index (χ1n) is 10.0. The van der Waals surface area contributed by atoms with Crippen molar-refractivity contribution in [3.63, 3.8) is 0 Å². The van der Waals surface area contributed by atoms with Gasteiger partial charge in [0, 0.05) is 32.1 Å². The van der Waals surface area contributed by atoms with Gasteiger partial charge in [-0.05, 0) is 56.0 Å². The largest absolute Gasteiger partial charge is 0.340 e. The SMILES string of the molecule is CCC(C)c1ccc(S(=O)(=O)N2CCN(C(=O)C3CCNCC3)CC2)cc1. The number of carbonyl (C=O) groups is 1. The van der Waals surface area contributed by atoms with E-state index in [2.05, 4.69) is 19.2 Å². The highest BCUT2D eigenvalue weighted by atomic mass is 32.2. The number of nitrogens with one attached hydrogen (secondary N) is 1. The predicted molar refractivity (Wildman–Crippen MR) is 106 cm³/mol. The first-order valence-corrected chi connectivity index (χ1v) is 11.5. The summed E-state index contributed by atoms with van der Waals surface area (Å²) in [5, 5.41) is 3.27. The molecule has 1 amide bonds. The molecule has 0 spiro atoms. The summed E-state index contributed by atoms with van der Waals surface area (Å²) in [4.78, 5) is 14.8. The van der Waals surface area contributed by atoms with E-state index in [1.807, 2.05) is 17.0 Å². The van der Waals surface area contributed by atoms with Crippen molar-refractivity contribution in [2.45, 2.75) is 43.9 Å². The Hall–Kier alpha value is -1.44. The lowest BCUT2D eigenvalue weighted by molar-refractivity contribution is -0.137. The second-order valence-electron chi connectivity index (χ2n) is 7.63. The minimum atomic E-state index is -3.50. The first kappa shape index (κ1) is 20.3. The van der Waals surface area contributed by atoms with Crippen LogP contribution in [0.15, 0.2) is 29.2 Å². The fourth-order valence-electron chi connectivity index (χ4n) is 3.83. The standard InChI is InChI=1S/C20H31N3O3S/c1-3-16(2)17-4-6-19(7-5-17)27(25,26)23-14-12-22(13-15-23)20(24)18-8-10-21-11-9-18/h4-7,16,18,21H,3,8-15H2,1-2H3. The molecule has 2 aliphatic rings. The van der Waals surface area contributed by atoms with Crippen molar-refractivity contribution in [3.8, 4) is 0 Å². The number of piperazine rings is 1. The molecule has 2 saturated heterocycles. The Bertz CT molecular complexity index is 734. The molecule has 2 aliphatic heterocycles. The molecule has 1 unspecified atom stereocenters. The Balaban J connectivity index is 1.61. The van der Waals surface area contributed by atoms with E-state index in [0.717, 1.165) is 37.9 Å². The number of nitrogens with zero attached hydrogens (tertiary/aromatic N) is 2. The minimum Gasteiger partial charge on any atom is -0.340 e. The van der Waals surface area contributed by atoms with Crippen LogP contribution in [0.2, 0.25) is 0 Å². The molecular weight excluding hydrogens is 362 g/mol. The van der Waals surface area contributed by atoms with E-state index >= 15 is 0 Å². The number of rotatable bonds is 5. The van der Waals surface area contributed by atoms with Crippen LogP contribution >= 0.6 is 0 Å². The van der Waals surface area contributed by atoms with Crippen molar-refractivity contribution in [1.29, 1.82) is 0 Å². The summed E-state index contributed by atoms with van der Waals surface area (Å²) in [6.45, 7) is 7.73. The molecule has 0 saturated carbocycles. The summed E-state index contributed by atoms with van der Waals surface area (Å²) in [7, 11) is -3.50. The zero-order chi connectivity index (χ0) is 19.4. The average Bonchev–Trinajstić information content (AvgIpc) is 2.73. The van der Waals surface area contributed by atoms with Crippen LogP contribution in [0.25, 0.3) is 0 Å². The number of hydrogen-bond donors (Lipinski definition) is 1. The van der Waals surface area contributed by atoms with Crippen LogP contribution in [0.5, 0.6) is 0 Å². The van der Waals surface area contributed by atoms with Gasteiger partial charge in [0.2, 0.25) is 15.9 Å². The van der Waals surface area contributed by atoms with Crippen molar-refractivity contribution in [1.82, 2.24) is 14.5 Å². The van der Waals surface area contributed by atoms with Gasteiger partial charge < -0.3 is 10.2 Å². The van der Waals surface area contributed by atoms with Gasteiger partial charge in [0.1, 0.15) is 0 Å². The van der Waals surface area contributed by atoms with Crippen LogP contribution in [0, 0.1) is 5.92 Å². The predicted octanol–water partition coefficient (Wildman–Crippen LogP) is 2.03. The number of carbonyl (C=O) groups excluding carboxylic acids is 1. The van der Waals surface area contributed by atoms with Crippen molar-refractivity contribution >= 4 is 15.9 Å². The topological polar surface area (TPSA) is 69.7 Å². The molecule has 0 aliphatic carbocycles. The van der Waals surface area contributed by atoms with E-state index in [-0.39, 0.29) is 11.8 Å². The maximum atomic E-state index is 12.9. The third-order valence-electron chi connectivity index (χ3n) is 5.94. The molecule has 6 nitrogen and oxygen atoms in total. The molecule has 1 aromatic carbocycles. The summed E-state index contributed by atoms with van der Waals surface area (Å²) < 4.78 is 27.4. The summed E-state index contributed by atoms with van der Waals surface area (Å²) >= 11 is 0. The molecule has 3 rings (SSSR count). The van der Waals surface area contributed by atoms with E-state index in [9.17, 15) is 13.2 Å². The lowest BCUT2D eigenvalue weighted by atomic mass is 9.96. The Morgan fingerprint density at radius 2 is 1.70 bits per heavy atom. The van der Waals surface area contributed by atoms with Crippen LogP contribution in [-0.4, -0.2) is 62.8 Å². The quantitative estimate of drug-likeness (QED) is 0.831. The van der Waals surface area contributed by atoms with Gasteiger partial charge in [-0.15, -0.1) is 0 Å². The fraction of sp³-hybridized carbons (Fsp3) is 0.650. The highest BCUT2D eigenvalue weighted by Crippen LogP contribution is 2.24. The molecular formula is C20H31N3O3S. The fourth-order valence-corrected chi connectivity index (χ4v) is 5.25. The van der Waals surface area contributed by atoms with Crippen LogP contribution in [0.1, 0.15) is 44.6 Å². The summed E-state index contributed by atoms with van der Waals surface area (Å²) in [5.74, 6) is 0.695. The molecule has 1 atom stereocenters. The van der Waals surface area contributed by atoms with E-state index < -0.39 is 10.0 Å². The second-order valence-corrected chi connectivity index (χ2v) is 9.57. The van der Waals surface area contributed by atoms with Gasteiger partial charge in [-0.1, -0.05) is 26.0 Å². The zero-order valence-corrected chi connectivity index (χ0v) is 17.2. The Morgan fingerprint density at radius 3 is 2.26 bits per heavy atom. The lowest BCUT2D eigenvalue weighted by Crippen LogP contribution is -2.52. The molecule has 7 heteroatoms. The molecule has 1 aromatic rings. The summed E-state index contributed by atoms with van der Waals surface area (Å²) in [6.07, 6.45) is 2.78. The molecule has 1 N–H and O–H groups in total. The van der Waals surface area contributed by atoms with Gasteiger partial charge in [-0.2, -0.15) is 4.31 Å². The van der Waals surface area contributed by atoms with Crippen molar-refractivity contribution in [2.75, 3.05) is 39.3 Å². The van der Waals surface area contributed by atoms with Gasteiger partial charge in [0.25, 0.3) is 0 Å². The van der Waals surface area contributed by atoms with Crippen LogP contribution in [0.4, 0.5) is 0 Å². The molecule has 0 bridgehead atoms. The molecule has 2 fully saturated rings. The number of hydrogen-bond acceptors (Lipinski definition) is 4. The highest BCUT2D eigenvalue weighted by molar-refractivity contribution is 7.89. The van der Waals surface area contributed by atoms with E-state index in [4.69, 9.17) is 0 Å². The Labute approximate surface area is 163 Å². The molecule has 27 heavy (non-hydrogen) atoms. The van der Waals surface area contributed by atoms with E-state index in [1.54, 1.807) is 12.1 Å². The highest BCUT2D eigenvalue weighted by Gasteiger charge is 2.32. The van der Waals surface area contributed by atoms with Crippen molar-refractivity contribution in [3.05, 3.63) is 29.8 Å². The summed E-state index contributed by atoms with van der Waals surface area (Å²) in [5.41, 5.74) is 1.16. The third kappa shape index (κ3) is 4.52. The van der Waals surface area contributed by atoms with Crippen LogP contribution in [-0.2, 0) is 14.8 Å². The molecule has 2 heterocycles. The maximum absolute atomic E-state index is 12.9. The number of sulfonamides is 1. The molecule has 0 radical (unpaired) electrons. The maximum Gasteiger partial charge on any atom is 0.243 e.